The molecule has 178 valence electrons. The number of piperazine rings is 1. The van der Waals surface area contributed by atoms with Gasteiger partial charge in [-0.3, -0.25) is 14.5 Å². The van der Waals surface area contributed by atoms with E-state index in [4.69, 9.17) is 0 Å². The standard InChI is InChI=1S/C24H33N5O4/c1-3-5-9-25-23(31)16-28-10-12-29(13-11-28)21-15-19(24(32)33)18-14-17(7-8-20(18)27-21)26-22(30)6-4-2/h7-8,14-15H,3-6,9-13,16H2,1-2H3,(H,25,31)(H,26,30)(H,32,33). The van der Waals surface area contributed by atoms with Gasteiger partial charge in [-0.15, -0.1) is 0 Å². The van der Waals surface area contributed by atoms with Crippen LogP contribution in [0, 0.1) is 0 Å². The molecule has 0 saturated carbocycles. The Bertz CT molecular complexity index is 1000. The van der Waals surface area contributed by atoms with Gasteiger partial charge in [0.05, 0.1) is 17.6 Å². The topological polar surface area (TPSA) is 115 Å². The Morgan fingerprint density at radius 3 is 2.45 bits per heavy atom. The van der Waals surface area contributed by atoms with Crippen molar-refractivity contribution in [1.82, 2.24) is 15.2 Å². The Morgan fingerprint density at radius 1 is 1.03 bits per heavy atom. The number of fused-ring (bicyclic) bond motifs is 1. The number of benzene rings is 1. The van der Waals surface area contributed by atoms with E-state index >= 15 is 0 Å². The minimum atomic E-state index is -1.04. The van der Waals surface area contributed by atoms with Crippen LogP contribution in [-0.4, -0.2) is 72.0 Å². The zero-order chi connectivity index (χ0) is 23.8. The molecular formula is C24H33N5O4. The number of carbonyl (C=O) groups excluding carboxylic acids is 2. The lowest BCUT2D eigenvalue weighted by Crippen LogP contribution is -2.49. The third-order valence-electron chi connectivity index (χ3n) is 5.70. The van der Waals surface area contributed by atoms with Crippen LogP contribution in [0.5, 0.6) is 0 Å². The van der Waals surface area contributed by atoms with E-state index in [1.807, 2.05) is 11.8 Å². The number of rotatable bonds is 10. The molecule has 3 rings (SSSR count). The molecule has 1 saturated heterocycles. The third kappa shape index (κ3) is 6.64. The van der Waals surface area contributed by atoms with Crippen molar-refractivity contribution in [3.05, 3.63) is 29.8 Å². The maximum atomic E-state index is 12.1. The highest BCUT2D eigenvalue weighted by atomic mass is 16.4. The summed E-state index contributed by atoms with van der Waals surface area (Å²) in [6.07, 6.45) is 3.17. The minimum Gasteiger partial charge on any atom is -0.478 e. The van der Waals surface area contributed by atoms with Crippen LogP contribution in [0.4, 0.5) is 11.5 Å². The van der Waals surface area contributed by atoms with Gasteiger partial charge in [0.2, 0.25) is 11.8 Å². The molecule has 1 aliphatic heterocycles. The quantitative estimate of drug-likeness (QED) is 0.472. The number of aromatic carboxylic acids is 1. The summed E-state index contributed by atoms with van der Waals surface area (Å²) < 4.78 is 0. The van der Waals surface area contributed by atoms with E-state index in [0.717, 1.165) is 19.3 Å². The predicted molar refractivity (Wildman–Crippen MR) is 129 cm³/mol. The molecule has 1 aromatic carbocycles. The summed E-state index contributed by atoms with van der Waals surface area (Å²) in [4.78, 5) is 44.8. The Morgan fingerprint density at radius 2 is 1.79 bits per heavy atom. The first kappa shape index (κ1) is 24.4. The smallest absolute Gasteiger partial charge is 0.336 e. The number of carbonyl (C=O) groups is 3. The molecule has 0 radical (unpaired) electrons. The van der Waals surface area contributed by atoms with Crippen LogP contribution in [0.3, 0.4) is 0 Å². The molecule has 9 heteroatoms. The molecule has 9 nitrogen and oxygen atoms in total. The van der Waals surface area contributed by atoms with Gasteiger partial charge in [0.1, 0.15) is 5.82 Å². The fourth-order valence-corrected chi connectivity index (χ4v) is 3.88. The van der Waals surface area contributed by atoms with E-state index in [2.05, 4.69) is 27.4 Å². The molecule has 1 fully saturated rings. The number of carboxylic acids is 1. The second-order valence-electron chi connectivity index (χ2n) is 8.33. The van der Waals surface area contributed by atoms with Crippen molar-refractivity contribution in [2.24, 2.45) is 0 Å². The Kier molecular flexibility index (Phi) is 8.59. The van der Waals surface area contributed by atoms with Gasteiger partial charge in [0.15, 0.2) is 0 Å². The lowest BCUT2D eigenvalue weighted by molar-refractivity contribution is -0.122. The van der Waals surface area contributed by atoms with Gasteiger partial charge in [-0.2, -0.15) is 0 Å². The first-order chi connectivity index (χ1) is 15.9. The third-order valence-corrected chi connectivity index (χ3v) is 5.70. The molecule has 1 aromatic heterocycles. The van der Waals surface area contributed by atoms with Crippen molar-refractivity contribution in [2.75, 3.05) is 49.5 Å². The summed E-state index contributed by atoms with van der Waals surface area (Å²) >= 11 is 0. The van der Waals surface area contributed by atoms with Gasteiger partial charge in [-0.05, 0) is 37.1 Å². The molecule has 2 amide bonds. The molecule has 3 N–H and O–H groups in total. The number of carboxylic acid groups (broad SMARTS) is 1. The first-order valence-corrected chi connectivity index (χ1v) is 11.6. The average molecular weight is 456 g/mol. The summed E-state index contributed by atoms with van der Waals surface area (Å²) in [5.74, 6) is -0.497. The second-order valence-corrected chi connectivity index (χ2v) is 8.33. The van der Waals surface area contributed by atoms with Crippen LogP contribution in [0.15, 0.2) is 24.3 Å². The molecule has 0 spiro atoms. The van der Waals surface area contributed by atoms with Gasteiger partial charge in [-0.25, -0.2) is 9.78 Å². The van der Waals surface area contributed by atoms with E-state index in [9.17, 15) is 19.5 Å². The zero-order valence-electron chi connectivity index (χ0n) is 19.4. The van der Waals surface area contributed by atoms with Gasteiger partial charge in [0.25, 0.3) is 0 Å². The Balaban J connectivity index is 1.70. The molecule has 2 heterocycles. The normalized spacial score (nSPS) is 14.3. The van der Waals surface area contributed by atoms with Gasteiger partial charge >= 0.3 is 5.97 Å². The van der Waals surface area contributed by atoms with Crippen molar-refractivity contribution in [3.8, 4) is 0 Å². The van der Waals surface area contributed by atoms with Crippen molar-refractivity contribution in [3.63, 3.8) is 0 Å². The number of hydrogen-bond donors (Lipinski definition) is 3. The maximum Gasteiger partial charge on any atom is 0.336 e. The maximum absolute atomic E-state index is 12.1. The zero-order valence-corrected chi connectivity index (χ0v) is 19.4. The van der Waals surface area contributed by atoms with Crippen molar-refractivity contribution < 1.29 is 19.5 Å². The fourth-order valence-electron chi connectivity index (χ4n) is 3.88. The summed E-state index contributed by atoms with van der Waals surface area (Å²) in [6, 6.07) is 6.74. The number of nitrogens with one attached hydrogen (secondary N) is 2. The summed E-state index contributed by atoms with van der Waals surface area (Å²) in [7, 11) is 0. The van der Waals surface area contributed by atoms with E-state index < -0.39 is 5.97 Å². The molecule has 2 aromatic rings. The molecular weight excluding hydrogens is 422 g/mol. The molecule has 0 atom stereocenters. The van der Waals surface area contributed by atoms with Gasteiger partial charge in [0, 0.05) is 50.2 Å². The van der Waals surface area contributed by atoms with Crippen molar-refractivity contribution in [2.45, 2.75) is 39.5 Å². The Hall–Kier alpha value is -3.20. The SMILES string of the molecule is CCCCNC(=O)CN1CCN(c2cc(C(=O)O)c3cc(NC(=O)CCC)ccc3n2)CC1. The number of nitrogens with zero attached hydrogens (tertiary/aromatic N) is 3. The second kappa shape index (κ2) is 11.6. The summed E-state index contributed by atoms with van der Waals surface area (Å²) in [5, 5.41) is 16.0. The molecule has 33 heavy (non-hydrogen) atoms. The number of unbranched alkanes of at least 4 members (excludes halogenated alkanes) is 1. The van der Waals surface area contributed by atoms with E-state index in [-0.39, 0.29) is 17.4 Å². The molecule has 0 unspecified atom stereocenters. The van der Waals surface area contributed by atoms with Crippen LogP contribution < -0.4 is 15.5 Å². The van der Waals surface area contributed by atoms with Crippen LogP contribution in [0.1, 0.15) is 49.9 Å². The van der Waals surface area contributed by atoms with E-state index in [1.165, 1.54) is 0 Å². The molecule has 0 bridgehead atoms. The number of pyridine rings is 1. The Labute approximate surface area is 194 Å². The monoisotopic (exact) mass is 455 g/mol. The van der Waals surface area contributed by atoms with Crippen LogP contribution >= 0.6 is 0 Å². The lowest BCUT2D eigenvalue weighted by atomic mass is 10.1. The number of anilines is 2. The first-order valence-electron chi connectivity index (χ1n) is 11.6. The lowest BCUT2D eigenvalue weighted by Gasteiger charge is -2.35. The van der Waals surface area contributed by atoms with Gasteiger partial charge in [-0.1, -0.05) is 20.3 Å². The predicted octanol–water partition coefficient (Wildman–Crippen LogP) is 2.71. The minimum absolute atomic E-state index is 0.0377. The molecule has 1 aliphatic rings. The van der Waals surface area contributed by atoms with E-state index in [1.54, 1.807) is 24.3 Å². The number of hydrogen-bond acceptors (Lipinski definition) is 6. The highest BCUT2D eigenvalue weighted by Crippen LogP contribution is 2.27. The molecule has 0 aliphatic carbocycles. The van der Waals surface area contributed by atoms with Crippen molar-refractivity contribution in [1.29, 1.82) is 0 Å². The van der Waals surface area contributed by atoms with E-state index in [0.29, 0.717) is 68.1 Å². The average Bonchev–Trinajstić information content (AvgIpc) is 2.79. The summed E-state index contributed by atoms with van der Waals surface area (Å²) in [6.45, 7) is 7.81. The largest absolute Gasteiger partial charge is 0.478 e. The van der Waals surface area contributed by atoms with Gasteiger partial charge < -0.3 is 20.6 Å². The number of amides is 2. The van der Waals surface area contributed by atoms with Crippen molar-refractivity contribution >= 4 is 40.2 Å². The number of aromatic nitrogens is 1. The summed E-state index contributed by atoms with van der Waals surface area (Å²) in [5.41, 5.74) is 1.28. The highest BCUT2D eigenvalue weighted by Gasteiger charge is 2.22. The fraction of sp³-hybridized carbons (Fsp3) is 0.500. The van der Waals surface area contributed by atoms with Crippen LogP contribution in [-0.2, 0) is 9.59 Å². The van der Waals surface area contributed by atoms with Crippen LogP contribution in [0.2, 0.25) is 0 Å². The van der Waals surface area contributed by atoms with Crippen LogP contribution in [0.25, 0.3) is 10.9 Å². The highest BCUT2D eigenvalue weighted by molar-refractivity contribution is 6.05.